The number of amides is 2. The van der Waals surface area contributed by atoms with Crippen LogP contribution in [-0.4, -0.2) is 113 Å². The van der Waals surface area contributed by atoms with E-state index in [2.05, 4.69) is 21.7 Å². The minimum Gasteiger partial charge on any atom is -0.474 e. The SMILES string of the molecule is C[C@@H]1COCCN1C[C@H]1CN(C(=O)O)[C@H](C)CN1CC(=O)N1c2cc(Cc3ccc(F)cc3)cnc2OCC12CC2. The van der Waals surface area contributed by atoms with Gasteiger partial charge in [0, 0.05) is 50.5 Å². The summed E-state index contributed by atoms with van der Waals surface area (Å²) in [6.45, 7) is 8.19. The molecular weight excluding hydrogens is 529 g/mol. The van der Waals surface area contributed by atoms with Gasteiger partial charge in [0.25, 0.3) is 0 Å². The van der Waals surface area contributed by atoms with Gasteiger partial charge >= 0.3 is 6.09 Å². The van der Waals surface area contributed by atoms with E-state index in [9.17, 15) is 19.1 Å². The number of rotatable bonds is 6. The third-order valence-corrected chi connectivity index (χ3v) is 8.97. The normalized spacial score (nSPS) is 26.0. The lowest BCUT2D eigenvalue weighted by molar-refractivity contribution is -0.122. The number of morpholine rings is 1. The maximum Gasteiger partial charge on any atom is 0.407 e. The molecular formula is C30H38FN5O5. The van der Waals surface area contributed by atoms with Crippen LogP contribution in [0.4, 0.5) is 14.9 Å². The van der Waals surface area contributed by atoms with Crippen molar-refractivity contribution < 1.29 is 28.6 Å². The molecule has 41 heavy (non-hydrogen) atoms. The highest BCUT2D eigenvalue weighted by Gasteiger charge is 2.55. The lowest BCUT2D eigenvalue weighted by Crippen LogP contribution is -2.64. The Morgan fingerprint density at radius 3 is 2.59 bits per heavy atom. The van der Waals surface area contributed by atoms with Crippen molar-refractivity contribution in [2.24, 2.45) is 0 Å². The molecule has 1 aromatic carbocycles. The second-order valence-electron chi connectivity index (χ2n) is 12.0. The number of piperazine rings is 1. The maximum absolute atomic E-state index is 14.2. The van der Waals surface area contributed by atoms with Gasteiger partial charge in [-0.2, -0.15) is 0 Å². The number of anilines is 1. The fourth-order valence-corrected chi connectivity index (χ4v) is 6.41. The van der Waals surface area contributed by atoms with Gasteiger partial charge in [-0.3, -0.25) is 19.5 Å². The van der Waals surface area contributed by atoms with Gasteiger partial charge in [0.05, 0.1) is 25.3 Å². The van der Waals surface area contributed by atoms with E-state index in [0.29, 0.717) is 57.4 Å². The predicted octanol–water partition coefficient (Wildman–Crippen LogP) is 2.84. The Morgan fingerprint density at radius 2 is 1.88 bits per heavy atom. The van der Waals surface area contributed by atoms with Crippen LogP contribution < -0.4 is 9.64 Å². The lowest BCUT2D eigenvalue weighted by atomic mass is 10.0. The average molecular weight is 568 g/mol. The first-order valence-electron chi connectivity index (χ1n) is 14.5. The minimum absolute atomic E-state index is 0.0243. The van der Waals surface area contributed by atoms with Crippen molar-refractivity contribution in [1.82, 2.24) is 19.7 Å². The number of hydrogen-bond donors (Lipinski definition) is 1. The molecule has 220 valence electrons. The summed E-state index contributed by atoms with van der Waals surface area (Å²) in [5, 5.41) is 9.85. The van der Waals surface area contributed by atoms with Crippen molar-refractivity contribution in [2.45, 2.75) is 56.8 Å². The molecule has 10 nitrogen and oxygen atoms in total. The molecule has 2 amide bonds. The Bertz CT molecular complexity index is 1290. The Balaban J connectivity index is 1.24. The molecule has 1 saturated carbocycles. The van der Waals surface area contributed by atoms with E-state index in [1.165, 1.54) is 17.0 Å². The number of hydrogen-bond acceptors (Lipinski definition) is 7. The van der Waals surface area contributed by atoms with Gasteiger partial charge in [0.2, 0.25) is 11.8 Å². The fourth-order valence-electron chi connectivity index (χ4n) is 6.41. The van der Waals surface area contributed by atoms with E-state index in [0.717, 1.165) is 30.5 Å². The van der Waals surface area contributed by atoms with Crippen LogP contribution in [-0.2, 0) is 16.0 Å². The zero-order chi connectivity index (χ0) is 28.7. The molecule has 4 heterocycles. The summed E-state index contributed by atoms with van der Waals surface area (Å²) >= 11 is 0. The van der Waals surface area contributed by atoms with Crippen molar-refractivity contribution in [1.29, 1.82) is 0 Å². The average Bonchev–Trinajstić information content (AvgIpc) is 3.71. The molecule has 2 aromatic rings. The lowest BCUT2D eigenvalue weighted by Gasteiger charge is -2.47. The zero-order valence-corrected chi connectivity index (χ0v) is 23.7. The monoisotopic (exact) mass is 567 g/mol. The highest BCUT2D eigenvalue weighted by atomic mass is 19.1. The van der Waals surface area contributed by atoms with Crippen LogP contribution in [0, 0.1) is 5.82 Å². The first-order valence-corrected chi connectivity index (χ1v) is 14.5. The van der Waals surface area contributed by atoms with E-state index >= 15 is 0 Å². The molecule has 0 unspecified atom stereocenters. The summed E-state index contributed by atoms with van der Waals surface area (Å²) in [6.07, 6.45) is 3.10. The van der Waals surface area contributed by atoms with Crippen LogP contribution >= 0.6 is 0 Å². The largest absolute Gasteiger partial charge is 0.474 e. The molecule has 1 aromatic heterocycles. The van der Waals surface area contributed by atoms with Crippen molar-refractivity contribution >= 4 is 17.7 Å². The summed E-state index contributed by atoms with van der Waals surface area (Å²) in [7, 11) is 0. The number of benzene rings is 1. The summed E-state index contributed by atoms with van der Waals surface area (Å²) in [5.41, 5.74) is 2.17. The number of carbonyl (C=O) groups is 2. The molecule has 3 aliphatic heterocycles. The van der Waals surface area contributed by atoms with Crippen molar-refractivity contribution in [3.63, 3.8) is 0 Å². The number of fused-ring (bicyclic) bond motifs is 1. The molecule has 4 aliphatic rings. The van der Waals surface area contributed by atoms with Crippen LogP contribution in [0.25, 0.3) is 0 Å². The van der Waals surface area contributed by atoms with E-state index in [4.69, 9.17) is 9.47 Å². The van der Waals surface area contributed by atoms with Crippen LogP contribution in [0.15, 0.2) is 36.5 Å². The molecule has 1 aliphatic carbocycles. The summed E-state index contributed by atoms with van der Waals surface area (Å²) in [5.74, 6) is 0.142. The third-order valence-electron chi connectivity index (χ3n) is 8.97. The van der Waals surface area contributed by atoms with Crippen molar-refractivity contribution in [3.8, 4) is 5.88 Å². The number of halogens is 1. The first-order chi connectivity index (χ1) is 19.7. The predicted molar refractivity (Wildman–Crippen MR) is 150 cm³/mol. The minimum atomic E-state index is -0.928. The van der Waals surface area contributed by atoms with Crippen LogP contribution in [0.2, 0.25) is 0 Å². The first kappa shape index (κ1) is 27.9. The van der Waals surface area contributed by atoms with E-state index < -0.39 is 6.09 Å². The zero-order valence-electron chi connectivity index (χ0n) is 23.7. The van der Waals surface area contributed by atoms with Gasteiger partial charge in [-0.05, 0) is 62.4 Å². The van der Waals surface area contributed by atoms with Gasteiger partial charge in [-0.15, -0.1) is 0 Å². The Hall–Kier alpha value is -3.28. The third kappa shape index (κ3) is 5.75. The highest BCUT2D eigenvalue weighted by Crippen LogP contribution is 2.50. The molecule has 3 atom stereocenters. The van der Waals surface area contributed by atoms with E-state index in [-0.39, 0.29) is 41.9 Å². The van der Waals surface area contributed by atoms with E-state index in [1.54, 1.807) is 18.3 Å². The van der Waals surface area contributed by atoms with Crippen LogP contribution in [0.5, 0.6) is 5.88 Å². The Labute approximate surface area is 239 Å². The van der Waals surface area contributed by atoms with Crippen molar-refractivity contribution in [3.05, 3.63) is 53.5 Å². The smallest absolute Gasteiger partial charge is 0.407 e. The summed E-state index contributed by atoms with van der Waals surface area (Å²) in [4.78, 5) is 38.7. The summed E-state index contributed by atoms with van der Waals surface area (Å²) in [6, 6.07) is 8.25. The number of ether oxygens (including phenoxy) is 2. The Morgan fingerprint density at radius 1 is 1.10 bits per heavy atom. The quantitative estimate of drug-likeness (QED) is 0.569. The number of pyridine rings is 1. The molecule has 2 saturated heterocycles. The fraction of sp³-hybridized carbons (Fsp3) is 0.567. The standard InChI is InChI=1S/C30H38FN5O5/c1-20-14-34(25(16-35(20)29(38)39)15-33-9-10-40-18-21(33)2)17-27(37)36-26-12-23(11-22-3-5-24(31)6-4-22)13-32-28(26)41-19-30(36)7-8-30/h3-6,12-13,20-21,25H,7-11,14-19H2,1-2H3,(H,38,39)/t20-,21-,25+/m1/s1. The second-order valence-corrected chi connectivity index (χ2v) is 12.0. The summed E-state index contributed by atoms with van der Waals surface area (Å²) < 4.78 is 25.1. The number of aromatic nitrogens is 1. The molecule has 3 fully saturated rings. The van der Waals surface area contributed by atoms with Gasteiger partial charge < -0.3 is 19.5 Å². The van der Waals surface area contributed by atoms with E-state index in [1.807, 2.05) is 17.9 Å². The van der Waals surface area contributed by atoms with Gasteiger partial charge in [-0.25, -0.2) is 14.2 Å². The second kappa shape index (κ2) is 11.2. The van der Waals surface area contributed by atoms with Gasteiger partial charge in [0.15, 0.2) is 0 Å². The number of nitrogens with zero attached hydrogens (tertiary/aromatic N) is 5. The number of carbonyl (C=O) groups excluding carboxylic acids is 1. The van der Waals surface area contributed by atoms with Gasteiger partial charge in [0.1, 0.15) is 18.1 Å². The molecule has 1 spiro atoms. The maximum atomic E-state index is 14.2. The molecule has 11 heteroatoms. The molecule has 0 bridgehead atoms. The Kier molecular flexibility index (Phi) is 7.60. The van der Waals surface area contributed by atoms with Gasteiger partial charge in [-0.1, -0.05) is 12.1 Å². The molecule has 6 rings (SSSR count). The van der Waals surface area contributed by atoms with Crippen molar-refractivity contribution in [2.75, 3.05) is 57.4 Å². The molecule has 0 radical (unpaired) electrons. The van der Waals surface area contributed by atoms with Crippen LogP contribution in [0.3, 0.4) is 0 Å². The highest BCUT2D eigenvalue weighted by molar-refractivity contribution is 5.98. The topological polar surface area (TPSA) is 98.7 Å². The number of carboxylic acid groups (broad SMARTS) is 1. The molecule has 1 N–H and O–H groups in total. The van der Waals surface area contributed by atoms with Crippen LogP contribution in [0.1, 0.15) is 37.8 Å².